The van der Waals surface area contributed by atoms with E-state index in [2.05, 4.69) is 28.2 Å². The second-order valence-electron chi connectivity index (χ2n) is 6.81. The maximum Gasteiger partial charge on any atom is 0.412 e. The van der Waals surface area contributed by atoms with E-state index < -0.39 is 6.09 Å². The van der Waals surface area contributed by atoms with Crippen LogP contribution in [0.25, 0.3) is 10.6 Å². The van der Waals surface area contributed by atoms with Gasteiger partial charge in [-0.25, -0.2) is 9.78 Å². The number of hydrogen-bond acceptors (Lipinski definition) is 8. The van der Waals surface area contributed by atoms with Crippen LogP contribution in [-0.2, 0) is 11.3 Å². The van der Waals surface area contributed by atoms with Crippen molar-refractivity contribution in [2.45, 2.75) is 20.5 Å². The van der Waals surface area contributed by atoms with E-state index in [4.69, 9.17) is 21.1 Å². The lowest BCUT2D eigenvalue weighted by molar-refractivity contribution is 0.155. The Morgan fingerprint density at radius 1 is 1.29 bits per heavy atom. The maximum atomic E-state index is 12.4. The molecule has 4 rings (SSSR count). The molecule has 2 aromatic carbocycles. The molecule has 1 aliphatic rings. The summed E-state index contributed by atoms with van der Waals surface area (Å²) in [6, 6.07) is 11.2. The SMILES string of the molecule is CCN1NNc2cc(COC(=O)Nc3sc(-c4ccc(Cl)cc4OC)nc3C)ccc21. The number of aryl methyl sites for hydroxylation is 1. The molecular weight excluding hydrogens is 438 g/mol. The second kappa shape index (κ2) is 9.01. The fourth-order valence-electron chi connectivity index (χ4n) is 3.19. The van der Waals surface area contributed by atoms with Gasteiger partial charge in [0, 0.05) is 11.6 Å². The number of rotatable bonds is 6. The Kier molecular flexibility index (Phi) is 6.17. The summed E-state index contributed by atoms with van der Waals surface area (Å²) in [5, 5.41) is 6.69. The van der Waals surface area contributed by atoms with Gasteiger partial charge in [0.2, 0.25) is 0 Å². The Balaban J connectivity index is 1.41. The summed E-state index contributed by atoms with van der Waals surface area (Å²) in [4.78, 5) is 16.9. The molecule has 0 aliphatic carbocycles. The summed E-state index contributed by atoms with van der Waals surface area (Å²) in [5.74, 6) is 0.622. The lowest BCUT2D eigenvalue weighted by Crippen LogP contribution is -2.35. The molecule has 0 saturated carbocycles. The van der Waals surface area contributed by atoms with Crippen molar-refractivity contribution in [3.8, 4) is 16.3 Å². The molecule has 1 amide bonds. The molecule has 0 fully saturated rings. The number of benzene rings is 2. The summed E-state index contributed by atoms with van der Waals surface area (Å²) in [5.41, 5.74) is 10.6. The first-order valence-corrected chi connectivity index (χ1v) is 10.8. The van der Waals surface area contributed by atoms with E-state index in [1.807, 2.05) is 36.2 Å². The van der Waals surface area contributed by atoms with E-state index in [1.165, 1.54) is 11.3 Å². The number of hydrogen-bond donors (Lipinski definition) is 3. The van der Waals surface area contributed by atoms with Crippen LogP contribution in [0.15, 0.2) is 36.4 Å². The zero-order valence-electron chi connectivity index (χ0n) is 17.3. The summed E-state index contributed by atoms with van der Waals surface area (Å²) < 4.78 is 10.8. The first kappa shape index (κ1) is 21.2. The van der Waals surface area contributed by atoms with Crippen LogP contribution in [0.2, 0.25) is 5.02 Å². The molecule has 2 heterocycles. The third-order valence-corrected chi connectivity index (χ3v) is 6.11. The number of carbonyl (C=O) groups is 1. The van der Waals surface area contributed by atoms with Gasteiger partial charge in [-0.15, -0.1) is 5.53 Å². The Morgan fingerprint density at radius 2 is 2.13 bits per heavy atom. The van der Waals surface area contributed by atoms with Crippen molar-refractivity contribution in [2.24, 2.45) is 0 Å². The zero-order chi connectivity index (χ0) is 22.0. The van der Waals surface area contributed by atoms with Crippen molar-refractivity contribution in [1.29, 1.82) is 0 Å². The van der Waals surface area contributed by atoms with E-state index in [-0.39, 0.29) is 6.61 Å². The van der Waals surface area contributed by atoms with Crippen molar-refractivity contribution in [3.63, 3.8) is 0 Å². The van der Waals surface area contributed by atoms with Crippen molar-refractivity contribution in [1.82, 2.24) is 10.5 Å². The van der Waals surface area contributed by atoms with Crippen LogP contribution in [0, 0.1) is 6.92 Å². The minimum absolute atomic E-state index is 0.155. The van der Waals surface area contributed by atoms with Gasteiger partial charge in [0.05, 0.1) is 29.7 Å². The number of carbonyl (C=O) groups excluding carboxylic acids is 1. The van der Waals surface area contributed by atoms with Gasteiger partial charge in [0.1, 0.15) is 22.4 Å². The van der Waals surface area contributed by atoms with Gasteiger partial charge in [0.25, 0.3) is 0 Å². The minimum Gasteiger partial charge on any atom is -0.496 e. The first-order chi connectivity index (χ1) is 15.0. The number of amides is 1. The number of halogens is 1. The second-order valence-corrected chi connectivity index (χ2v) is 8.25. The van der Waals surface area contributed by atoms with Crippen LogP contribution in [0.4, 0.5) is 21.2 Å². The lowest BCUT2D eigenvalue weighted by Gasteiger charge is -2.14. The Hall–Kier alpha value is -3.01. The van der Waals surface area contributed by atoms with Crippen LogP contribution in [0.5, 0.6) is 5.75 Å². The highest BCUT2D eigenvalue weighted by Gasteiger charge is 2.18. The van der Waals surface area contributed by atoms with Crippen molar-refractivity contribution in [3.05, 3.63) is 52.7 Å². The predicted molar refractivity (Wildman–Crippen MR) is 124 cm³/mol. The number of aromatic nitrogens is 1. The lowest BCUT2D eigenvalue weighted by atomic mass is 10.2. The van der Waals surface area contributed by atoms with Crippen LogP contribution in [-0.4, -0.2) is 24.7 Å². The Labute approximate surface area is 189 Å². The number of thiazole rings is 1. The van der Waals surface area contributed by atoms with E-state index in [0.29, 0.717) is 21.5 Å². The highest BCUT2D eigenvalue weighted by Crippen LogP contribution is 2.38. The molecule has 8 nitrogen and oxygen atoms in total. The molecule has 0 unspecified atom stereocenters. The van der Waals surface area contributed by atoms with E-state index >= 15 is 0 Å². The van der Waals surface area contributed by atoms with Crippen LogP contribution < -0.4 is 26.0 Å². The molecule has 1 aromatic heterocycles. The number of nitrogens with zero attached hydrogens (tertiary/aromatic N) is 2. The third-order valence-electron chi connectivity index (χ3n) is 4.77. The average molecular weight is 460 g/mol. The molecule has 31 heavy (non-hydrogen) atoms. The molecule has 0 radical (unpaired) electrons. The first-order valence-electron chi connectivity index (χ1n) is 9.65. The molecular formula is C21H22ClN5O3S. The van der Waals surface area contributed by atoms with Gasteiger partial charge >= 0.3 is 6.09 Å². The largest absolute Gasteiger partial charge is 0.496 e. The monoisotopic (exact) mass is 459 g/mol. The molecule has 0 bridgehead atoms. The third kappa shape index (κ3) is 4.53. The molecule has 162 valence electrons. The average Bonchev–Trinajstić information content (AvgIpc) is 3.34. The zero-order valence-corrected chi connectivity index (χ0v) is 18.9. The van der Waals surface area contributed by atoms with Crippen molar-refractivity contribution < 1.29 is 14.3 Å². The molecule has 3 aromatic rings. The summed E-state index contributed by atoms with van der Waals surface area (Å²) >= 11 is 7.39. The predicted octanol–water partition coefficient (Wildman–Crippen LogP) is 5.20. The molecule has 3 N–H and O–H groups in total. The van der Waals surface area contributed by atoms with Gasteiger partial charge in [-0.05, 0) is 49.7 Å². The molecule has 10 heteroatoms. The number of methoxy groups -OCH3 is 1. The van der Waals surface area contributed by atoms with Crippen LogP contribution in [0.3, 0.4) is 0 Å². The van der Waals surface area contributed by atoms with E-state index in [1.54, 1.807) is 19.2 Å². The fourth-order valence-corrected chi connectivity index (χ4v) is 4.34. The highest BCUT2D eigenvalue weighted by atomic mass is 35.5. The van der Waals surface area contributed by atoms with Gasteiger partial charge in [-0.2, -0.15) is 0 Å². The smallest absolute Gasteiger partial charge is 0.412 e. The normalized spacial score (nSPS) is 12.3. The van der Waals surface area contributed by atoms with E-state index in [0.717, 1.165) is 34.1 Å². The Bertz CT molecular complexity index is 1120. The number of nitrogens with one attached hydrogen (secondary N) is 3. The quantitative estimate of drug-likeness (QED) is 0.466. The van der Waals surface area contributed by atoms with Crippen LogP contribution >= 0.6 is 22.9 Å². The van der Waals surface area contributed by atoms with Crippen molar-refractivity contribution >= 4 is 45.4 Å². The number of ether oxygens (including phenoxy) is 2. The summed E-state index contributed by atoms with van der Waals surface area (Å²) in [7, 11) is 1.58. The van der Waals surface area contributed by atoms with Crippen LogP contribution in [0.1, 0.15) is 18.2 Å². The van der Waals surface area contributed by atoms with Gasteiger partial charge in [0.15, 0.2) is 0 Å². The molecule has 0 atom stereocenters. The van der Waals surface area contributed by atoms with E-state index in [9.17, 15) is 4.79 Å². The summed E-state index contributed by atoms with van der Waals surface area (Å²) in [6.07, 6.45) is -0.539. The molecule has 0 spiro atoms. The number of anilines is 3. The van der Waals surface area contributed by atoms with Gasteiger partial charge in [-0.3, -0.25) is 10.3 Å². The van der Waals surface area contributed by atoms with Crippen molar-refractivity contribution in [2.75, 3.05) is 29.4 Å². The maximum absolute atomic E-state index is 12.4. The number of hydrazine groups is 2. The van der Waals surface area contributed by atoms with Gasteiger partial charge < -0.3 is 14.9 Å². The highest BCUT2D eigenvalue weighted by molar-refractivity contribution is 7.19. The standard InChI is InChI=1S/C21H22ClN5O3S/c1-4-27-17-8-5-13(9-16(17)25-26-27)11-30-21(28)24-19-12(2)23-20(31-19)15-7-6-14(22)10-18(15)29-3/h5-10,25-26H,4,11H2,1-3H3,(H,24,28). The Morgan fingerprint density at radius 3 is 2.90 bits per heavy atom. The summed E-state index contributed by atoms with van der Waals surface area (Å²) in [6.45, 7) is 4.87. The molecule has 0 saturated heterocycles. The topological polar surface area (TPSA) is 87.8 Å². The van der Waals surface area contributed by atoms with Gasteiger partial charge in [-0.1, -0.05) is 29.0 Å². The number of fused-ring (bicyclic) bond motifs is 1. The molecule has 1 aliphatic heterocycles. The fraction of sp³-hybridized carbons (Fsp3) is 0.238. The minimum atomic E-state index is -0.539.